The van der Waals surface area contributed by atoms with E-state index in [0.29, 0.717) is 0 Å². The maximum atomic E-state index is 5.38. The summed E-state index contributed by atoms with van der Waals surface area (Å²) in [6.07, 6.45) is 3.57. The van der Waals surface area contributed by atoms with Crippen LogP contribution < -0.4 is 0 Å². The fourth-order valence-electron chi connectivity index (χ4n) is 5.84. The Balaban J connectivity index is 1.51. The van der Waals surface area contributed by atoms with Gasteiger partial charge in [0.2, 0.25) is 0 Å². The first-order chi connectivity index (χ1) is 18.6. The largest absolute Gasteiger partial charge is 0.258 e. The molecule has 4 aromatic carbocycles. The molecule has 2 heterocycles. The van der Waals surface area contributed by atoms with Crippen LogP contribution in [0, 0.1) is 13.8 Å². The van der Waals surface area contributed by atoms with Gasteiger partial charge in [-0.25, -0.2) is 9.98 Å². The zero-order valence-corrected chi connectivity index (χ0v) is 21.8. The highest BCUT2D eigenvalue weighted by atomic mass is 14.8. The standard InChI is InChI=1S/C35H29N3/c1-22-12-18-31-25(20-22)14-16-27-8-5-9-28(36-27)17-15-26-21-23(2)13-19-32(26)38-35-30-11-4-7-24-6-3-10-29(33(24)30)34(35)37-31/h3-13,18-21H,14-17H2,1-2H3. The van der Waals surface area contributed by atoms with Crippen molar-refractivity contribution in [2.45, 2.75) is 39.5 Å². The molecular weight excluding hydrogens is 462 g/mol. The predicted octanol–water partition coefficient (Wildman–Crippen LogP) is 7.99. The van der Waals surface area contributed by atoms with Crippen LogP contribution in [0.5, 0.6) is 0 Å². The molecule has 3 heteroatoms. The second-order valence-corrected chi connectivity index (χ2v) is 10.5. The number of pyridine rings is 1. The van der Waals surface area contributed by atoms with Gasteiger partial charge in [0.25, 0.3) is 0 Å². The van der Waals surface area contributed by atoms with E-state index in [-0.39, 0.29) is 0 Å². The van der Waals surface area contributed by atoms with Crippen LogP contribution in [0.25, 0.3) is 10.8 Å². The average Bonchev–Trinajstić information content (AvgIpc) is 3.22. The molecule has 38 heavy (non-hydrogen) atoms. The second kappa shape index (κ2) is 9.18. The number of aliphatic imine (C=N–C) groups is 2. The topological polar surface area (TPSA) is 37.6 Å². The molecule has 0 unspecified atom stereocenters. The van der Waals surface area contributed by atoms with Gasteiger partial charge < -0.3 is 0 Å². The number of aryl methyl sites for hydroxylation is 6. The molecular formula is C35H29N3. The van der Waals surface area contributed by atoms with Crippen molar-refractivity contribution in [3.8, 4) is 0 Å². The van der Waals surface area contributed by atoms with E-state index in [1.165, 1.54) is 33.0 Å². The van der Waals surface area contributed by atoms with E-state index in [9.17, 15) is 0 Å². The SMILES string of the molecule is Cc1ccc2c(c1)CCc1cccc(n1)CCc1cc(C)ccc1N=C1C(=N2)c2cccc3cccc1c23. The maximum absolute atomic E-state index is 5.38. The molecule has 2 aliphatic rings. The molecule has 0 saturated carbocycles. The summed E-state index contributed by atoms with van der Waals surface area (Å²) in [7, 11) is 0. The number of hydrogen-bond donors (Lipinski definition) is 0. The number of rotatable bonds is 0. The minimum atomic E-state index is 0.890. The number of benzene rings is 4. The molecule has 0 spiro atoms. The minimum Gasteiger partial charge on any atom is -0.258 e. The average molecular weight is 492 g/mol. The molecule has 2 bridgehead atoms. The summed E-state index contributed by atoms with van der Waals surface area (Å²) < 4.78 is 0. The smallest absolute Gasteiger partial charge is 0.0978 e. The zero-order valence-electron chi connectivity index (χ0n) is 21.8. The third-order valence-electron chi connectivity index (χ3n) is 7.74. The lowest BCUT2D eigenvalue weighted by Crippen LogP contribution is -2.10. The number of aromatic nitrogens is 1. The Morgan fingerprint density at radius 1 is 0.526 bits per heavy atom. The van der Waals surface area contributed by atoms with Gasteiger partial charge in [0.15, 0.2) is 0 Å². The van der Waals surface area contributed by atoms with Crippen molar-refractivity contribution in [1.82, 2.24) is 4.98 Å². The van der Waals surface area contributed by atoms with Gasteiger partial charge in [0.05, 0.1) is 22.8 Å². The van der Waals surface area contributed by atoms with E-state index >= 15 is 0 Å². The fourth-order valence-corrected chi connectivity index (χ4v) is 5.84. The molecule has 1 aromatic heterocycles. The Bertz CT molecular complexity index is 1670. The van der Waals surface area contributed by atoms with Gasteiger partial charge in [-0.15, -0.1) is 0 Å². The van der Waals surface area contributed by atoms with Crippen LogP contribution in [-0.4, -0.2) is 16.4 Å². The molecule has 3 nitrogen and oxygen atoms in total. The van der Waals surface area contributed by atoms with E-state index in [0.717, 1.165) is 71.0 Å². The van der Waals surface area contributed by atoms with Crippen molar-refractivity contribution < 1.29 is 0 Å². The second-order valence-electron chi connectivity index (χ2n) is 10.5. The molecule has 1 aliphatic heterocycles. The first kappa shape index (κ1) is 22.8. The highest BCUT2D eigenvalue weighted by Gasteiger charge is 2.28. The van der Waals surface area contributed by atoms with Gasteiger partial charge >= 0.3 is 0 Å². The highest BCUT2D eigenvalue weighted by Crippen LogP contribution is 2.36. The molecule has 7 rings (SSSR count). The molecule has 1 aliphatic carbocycles. The van der Waals surface area contributed by atoms with Crippen LogP contribution in [0.15, 0.2) is 101 Å². The van der Waals surface area contributed by atoms with E-state index < -0.39 is 0 Å². The van der Waals surface area contributed by atoms with Crippen LogP contribution in [0.4, 0.5) is 11.4 Å². The van der Waals surface area contributed by atoms with Gasteiger partial charge in [0.1, 0.15) is 0 Å². The third kappa shape index (κ3) is 4.05. The molecule has 184 valence electrons. The molecule has 5 aromatic rings. The van der Waals surface area contributed by atoms with Crippen LogP contribution in [0.2, 0.25) is 0 Å². The maximum Gasteiger partial charge on any atom is 0.0978 e. The molecule has 0 amide bonds. The lowest BCUT2D eigenvalue weighted by molar-refractivity contribution is 0.856. The Morgan fingerprint density at radius 3 is 1.55 bits per heavy atom. The lowest BCUT2D eigenvalue weighted by atomic mass is 10.0. The van der Waals surface area contributed by atoms with Gasteiger partial charge in [-0.05, 0) is 80.3 Å². The monoisotopic (exact) mass is 491 g/mol. The fraction of sp³-hybridized carbons (Fsp3) is 0.171. The van der Waals surface area contributed by atoms with Crippen LogP contribution in [-0.2, 0) is 25.7 Å². The molecule has 0 radical (unpaired) electrons. The Labute approximate surface area is 223 Å². The quantitative estimate of drug-likeness (QED) is 0.216. The summed E-state index contributed by atoms with van der Waals surface area (Å²) >= 11 is 0. The molecule has 0 atom stereocenters. The van der Waals surface area contributed by atoms with Gasteiger partial charge in [-0.1, -0.05) is 77.9 Å². The normalized spacial score (nSPS) is 14.5. The minimum absolute atomic E-state index is 0.890. The van der Waals surface area contributed by atoms with Gasteiger partial charge in [-0.2, -0.15) is 0 Å². The predicted molar refractivity (Wildman–Crippen MR) is 158 cm³/mol. The Hall–Kier alpha value is -4.37. The Morgan fingerprint density at radius 2 is 1.03 bits per heavy atom. The summed E-state index contributed by atoms with van der Waals surface area (Å²) in [5.41, 5.74) is 13.5. The molecule has 0 saturated heterocycles. The van der Waals surface area contributed by atoms with Crippen molar-refractivity contribution in [3.05, 3.63) is 136 Å². The van der Waals surface area contributed by atoms with Crippen molar-refractivity contribution in [2.75, 3.05) is 0 Å². The lowest BCUT2D eigenvalue weighted by Gasteiger charge is -2.10. The van der Waals surface area contributed by atoms with Crippen LogP contribution in [0.1, 0.15) is 44.8 Å². The molecule has 0 fully saturated rings. The van der Waals surface area contributed by atoms with Gasteiger partial charge in [-0.3, -0.25) is 4.98 Å². The zero-order chi connectivity index (χ0) is 25.6. The third-order valence-corrected chi connectivity index (χ3v) is 7.74. The highest BCUT2D eigenvalue weighted by molar-refractivity contribution is 6.61. The van der Waals surface area contributed by atoms with Crippen molar-refractivity contribution in [3.63, 3.8) is 0 Å². The number of nitrogens with zero attached hydrogens (tertiary/aromatic N) is 3. The van der Waals surface area contributed by atoms with Crippen molar-refractivity contribution in [1.29, 1.82) is 0 Å². The first-order valence-electron chi connectivity index (χ1n) is 13.5. The first-order valence-corrected chi connectivity index (χ1v) is 13.5. The van der Waals surface area contributed by atoms with Crippen LogP contribution >= 0.6 is 0 Å². The summed E-state index contributed by atoms with van der Waals surface area (Å²) in [4.78, 5) is 15.8. The summed E-state index contributed by atoms with van der Waals surface area (Å²) in [6, 6.07) is 32.7. The van der Waals surface area contributed by atoms with E-state index in [1.54, 1.807) is 0 Å². The van der Waals surface area contributed by atoms with Crippen molar-refractivity contribution >= 4 is 33.6 Å². The van der Waals surface area contributed by atoms with Gasteiger partial charge in [0, 0.05) is 27.9 Å². The summed E-state index contributed by atoms with van der Waals surface area (Å²) in [5, 5.41) is 2.47. The Kier molecular flexibility index (Phi) is 5.51. The summed E-state index contributed by atoms with van der Waals surface area (Å²) in [6.45, 7) is 4.31. The molecule has 0 N–H and O–H groups in total. The number of hydrogen-bond acceptors (Lipinski definition) is 3. The van der Waals surface area contributed by atoms with E-state index in [1.807, 2.05) is 0 Å². The van der Waals surface area contributed by atoms with Crippen LogP contribution in [0.3, 0.4) is 0 Å². The van der Waals surface area contributed by atoms with Crippen molar-refractivity contribution in [2.24, 2.45) is 9.98 Å². The summed E-state index contributed by atoms with van der Waals surface area (Å²) in [5.74, 6) is 0. The van der Waals surface area contributed by atoms with E-state index in [4.69, 9.17) is 15.0 Å². The number of fused-ring (bicyclic) bond motifs is 7. The van der Waals surface area contributed by atoms with E-state index in [2.05, 4.69) is 105 Å².